The molecule has 0 amide bonds. The number of epoxide rings is 2. The van der Waals surface area contributed by atoms with Gasteiger partial charge in [-0.25, -0.2) is 0 Å². The molecule has 4 heteroatoms. The van der Waals surface area contributed by atoms with Crippen LogP contribution in [0.25, 0.3) is 0 Å². The van der Waals surface area contributed by atoms with Crippen molar-refractivity contribution in [3.8, 4) is 0 Å². The molecule has 2 heterocycles. The molecule has 0 aliphatic carbocycles. The Labute approximate surface area is 122 Å². The summed E-state index contributed by atoms with van der Waals surface area (Å²) >= 11 is 0. The molecule has 0 aromatic heterocycles. The molecule has 0 aromatic carbocycles. The summed E-state index contributed by atoms with van der Waals surface area (Å²) in [5.41, 5.74) is -0.202. The third-order valence-electron chi connectivity index (χ3n) is 4.09. The first kappa shape index (κ1) is 15.8. The van der Waals surface area contributed by atoms with Gasteiger partial charge in [0, 0.05) is 6.42 Å². The van der Waals surface area contributed by atoms with E-state index in [4.69, 9.17) is 14.2 Å². The molecule has 0 spiro atoms. The highest BCUT2D eigenvalue weighted by atomic mass is 16.6. The molecule has 2 aliphatic heterocycles. The first-order valence-corrected chi connectivity index (χ1v) is 8.08. The Balaban J connectivity index is 1.42. The average Bonchev–Trinajstić information content (AvgIpc) is 3.33. The number of carbonyl (C=O) groups is 1. The molecule has 2 rings (SSSR count). The number of esters is 1. The van der Waals surface area contributed by atoms with E-state index in [-0.39, 0.29) is 11.6 Å². The van der Waals surface area contributed by atoms with Crippen LogP contribution in [0.2, 0.25) is 0 Å². The summed E-state index contributed by atoms with van der Waals surface area (Å²) in [6, 6.07) is 0. The van der Waals surface area contributed by atoms with Crippen molar-refractivity contribution in [3.05, 3.63) is 0 Å². The van der Waals surface area contributed by atoms with Crippen molar-refractivity contribution in [2.45, 2.75) is 83.0 Å². The minimum absolute atomic E-state index is 0.126. The Kier molecular flexibility index (Phi) is 5.85. The fourth-order valence-corrected chi connectivity index (χ4v) is 2.41. The third kappa shape index (κ3) is 5.80. The van der Waals surface area contributed by atoms with Crippen LogP contribution in [0.15, 0.2) is 0 Å². The zero-order valence-electron chi connectivity index (χ0n) is 12.9. The van der Waals surface area contributed by atoms with Gasteiger partial charge in [0.15, 0.2) is 0 Å². The number of rotatable bonds is 11. The lowest BCUT2D eigenvalue weighted by Crippen LogP contribution is -2.18. The Morgan fingerprint density at radius 2 is 1.90 bits per heavy atom. The predicted molar refractivity (Wildman–Crippen MR) is 76.6 cm³/mol. The Morgan fingerprint density at radius 1 is 1.20 bits per heavy atom. The topological polar surface area (TPSA) is 51.4 Å². The largest absolute Gasteiger partial charge is 0.463 e. The Bertz CT molecular complexity index is 312. The molecule has 0 N–H and O–H groups in total. The van der Waals surface area contributed by atoms with Gasteiger partial charge < -0.3 is 14.2 Å². The molecular formula is C16H28O4. The van der Waals surface area contributed by atoms with E-state index in [0.717, 1.165) is 12.8 Å². The summed E-state index contributed by atoms with van der Waals surface area (Å²) in [4.78, 5) is 11.6. The van der Waals surface area contributed by atoms with Crippen LogP contribution in [0.3, 0.4) is 0 Å². The molecule has 0 saturated carbocycles. The predicted octanol–water partition coefficient (Wildman–Crippen LogP) is 3.23. The number of ether oxygens (including phenoxy) is 3. The van der Waals surface area contributed by atoms with Gasteiger partial charge in [-0.05, 0) is 19.8 Å². The molecule has 0 radical (unpaired) electrons. The van der Waals surface area contributed by atoms with Crippen LogP contribution in [-0.4, -0.2) is 37.0 Å². The SMILES string of the molecule is CCCCCCCC1OC1CCC(=O)OCC1(C)CO1. The smallest absolute Gasteiger partial charge is 0.305 e. The Morgan fingerprint density at radius 3 is 2.60 bits per heavy atom. The molecule has 2 saturated heterocycles. The normalized spacial score (nSPS) is 31.1. The highest BCUT2D eigenvalue weighted by Crippen LogP contribution is 2.31. The maximum atomic E-state index is 11.6. The van der Waals surface area contributed by atoms with Gasteiger partial charge in [0.05, 0.1) is 18.8 Å². The minimum atomic E-state index is -0.202. The van der Waals surface area contributed by atoms with Crippen molar-refractivity contribution >= 4 is 5.97 Å². The summed E-state index contributed by atoms with van der Waals surface area (Å²) in [6.07, 6.45) is 9.62. The average molecular weight is 284 g/mol. The zero-order chi connectivity index (χ0) is 14.4. The maximum Gasteiger partial charge on any atom is 0.305 e. The van der Waals surface area contributed by atoms with Crippen LogP contribution >= 0.6 is 0 Å². The lowest BCUT2D eigenvalue weighted by Gasteiger charge is -2.06. The quantitative estimate of drug-likeness (QED) is 0.332. The molecule has 0 aromatic rings. The van der Waals surface area contributed by atoms with E-state index in [1.807, 2.05) is 6.92 Å². The van der Waals surface area contributed by atoms with Crippen LogP contribution in [0, 0.1) is 0 Å². The van der Waals surface area contributed by atoms with Gasteiger partial charge in [0.25, 0.3) is 0 Å². The number of hydrogen-bond donors (Lipinski definition) is 0. The van der Waals surface area contributed by atoms with Crippen molar-refractivity contribution < 1.29 is 19.0 Å². The Hall–Kier alpha value is -0.610. The van der Waals surface area contributed by atoms with Gasteiger partial charge >= 0.3 is 5.97 Å². The maximum absolute atomic E-state index is 11.6. The summed E-state index contributed by atoms with van der Waals surface area (Å²) in [5, 5.41) is 0. The summed E-state index contributed by atoms with van der Waals surface area (Å²) in [6.45, 7) is 5.28. The van der Waals surface area contributed by atoms with Gasteiger partial charge in [-0.15, -0.1) is 0 Å². The molecule has 2 aliphatic rings. The van der Waals surface area contributed by atoms with E-state index in [1.54, 1.807) is 0 Å². The number of unbranched alkanes of at least 4 members (excludes halogenated alkanes) is 4. The lowest BCUT2D eigenvalue weighted by molar-refractivity contribution is -0.145. The van der Waals surface area contributed by atoms with E-state index in [0.29, 0.717) is 31.8 Å². The van der Waals surface area contributed by atoms with Gasteiger partial charge in [-0.3, -0.25) is 4.79 Å². The standard InChI is InChI=1S/C16H28O4/c1-3-4-5-6-7-8-13-14(20-13)9-10-15(17)18-11-16(2)12-19-16/h13-14H,3-12H2,1-2H3. The molecule has 3 atom stereocenters. The number of hydrogen-bond acceptors (Lipinski definition) is 4. The second-order valence-corrected chi connectivity index (χ2v) is 6.35. The molecular weight excluding hydrogens is 256 g/mol. The van der Waals surface area contributed by atoms with Crippen molar-refractivity contribution in [2.75, 3.05) is 13.2 Å². The highest BCUT2D eigenvalue weighted by molar-refractivity contribution is 5.69. The van der Waals surface area contributed by atoms with Crippen LogP contribution in [0.4, 0.5) is 0 Å². The third-order valence-corrected chi connectivity index (χ3v) is 4.09. The molecule has 4 nitrogen and oxygen atoms in total. The monoisotopic (exact) mass is 284 g/mol. The minimum Gasteiger partial charge on any atom is -0.463 e. The fourth-order valence-electron chi connectivity index (χ4n) is 2.41. The second-order valence-electron chi connectivity index (χ2n) is 6.35. The van der Waals surface area contributed by atoms with E-state index in [1.165, 1.54) is 32.1 Å². The summed E-state index contributed by atoms with van der Waals surface area (Å²) in [7, 11) is 0. The summed E-state index contributed by atoms with van der Waals surface area (Å²) < 4.78 is 16.0. The zero-order valence-corrected chi connectivity index (χ0v) is 12.9. The van der Waals surface area contributed by atoms with Crippen molar-refractivity contribution in [2.24, 2.45) is 0 Å². The van der Waals surface area contributed by atoms with E-state index in [2.05, 4.69) is 6.92 Å². The number of carbonyl (C=O) groups excluding carboxylic acids is 1. The van der Waals surface area contributed by atoms with Gasteiger partial charge in [-0.2, -0.15) is 0 Å². The van der Waals surface area contributed by atoms with Gasteiger partial charge in [-0.1, -0.05) is 39.0 Å². The highest BCUT2D eigenvalue weighted by Gasteiger charge is 2.41. The van der Waals surface area contributed by atoms with Crippen LogP contribution < -0.4 is 0 Å². The fraction of sp³-hybridized carbons (Fsp3) is 0.938. The molecule has 3 unspecified atom stereocenters. The second kappa shape index (κ2) is 7.41. The van der Waals surface area contributed by atoms with Gasteiger partial charge in [0.1, 0.15) is 12.2 Å². The van der Waals surface area contributed by atoms with E-state index < -0.39 is 0 Å². The van der Waals surface area contributed by atoms with Crippen molar-refractivity contribution in [1.29, 1.82) is 0 Å². The van der Waals surface area contributed by atoms with Gasteiger partial charge in [0.2, 0.25) is 0 Å². The van der Waals surface area contributed by atoms with E-state index >= 15 is 0 Å². The van der Waals surface area contributed by atoms with Crippen LogP contribution in [-0.2, 0) is 19.0 Å². The summed E-state index contributed by atoms with van der Waals surface area (Å²) in [5.74, 6) is -0.126. The lowest BCUT2D eigenvalue weighted by atomic mass is 10.1. The van der Waals surface area contributed by atoms with Crippen LogP contribution in [0.1, 0.15) is 65.2 Å². The van der Waals surface area contributed by atoms with Crippen molar-refractivity contribution in [3.63, 3.8) is 0 Å². The van der Waals surface area contributed by atoms with Crippen molar-refractivity contribution in [1.82, 2.24) is 0 Å². The first-order valence-electron chi connectivity index (χ1n) is 8.08. The molecule has 2 fully saturated rings. The molecule has 20 heavy (non-hydrogen) atoms. The van der Waals surface area contributed by atoms with Crippen LogP contribution in [0.5, 0.6) is 0 Å². The molecule has 116 valence electrons. The molecule has 0 bridgehead atoms. The first-order chi connectivity index (χ1) is 9.63. The van der Waals surface area contributed by atoms with E-state index in [9.17, 15) is 4.79 Å².